The summed E-state index contributed by atoms with van der Waals surface area (Å²) in [5, 5.41) is 0. The third-order valence-electron chi connectivity index (χ3n) is 3.41. The predicted molar refractivity (Wildman–Crippen MR) is 70.3 cm³/mol. The topological polar surface area (TPSA) is 67.2 Å². The molecule has 0 aliphatic carbocycles. The standard InChI is InChI=1S/C12H19N3O3S/c16-12(15(19-17)7-9-18-10-8-15)3-1-2-5-14-6-4-13-11-14/h4,6,11H,1-3,5,7-10H2. The molecule has 1 aromatic heterocycles. The molecule has 0 aromatic carbocycles. The maximum absolute atomic E-state index is 12.2. The average Bonchev–Trinajstić information content (AvgIpc) is 2.97. The number of unbranched alkanes of at least 4 members (excludes halogenated alkanes) is 1. The molecule has 1 aliphatic heterocycles. The first-order valence-corrected chi connectivity index (χ1v) is 7.22. The summed E-state index contributed by atoms with van der Waals surface area (Å²) in [4.78, 5) is 16.2. The average molecular weight is 285 g/mol. The van der Waals surface area contributed by atoms with Gasteiger partial charge in [-0.05, 0) is 12.8 Å². The Morgan fingerprint density at radius 2 is 2.21 bits per heavy atom. The Balaban J connectivity index is 1.73. The highest BCUT2D eigenvalue weighted by atomic mass is 32.2. The van der Waals surface area contributed by atoms with Crippen LogP contribution in [0.3, 0.4) is 0 Å². The van der Waals surface area contributed by atoms with Crippen LogP contribution in [-0.2, 0) is 16.1 Å². The molecule has 1 fully saturated rings. The fourth-order valence-corrected chi connectivity index (χ4v) is 2.67. The number of aromatic nitrogens is 2. The molecule has 6 nitrogen and oxygen atoms in total. The molecule has 1 aliphatic rings. The lowest BCUT2D eigenvalue weighted by atomic mass is 10.2. The Morgan fingerprint density at radius 1 is 1.42 bits per heavy atom. The number of carbonyl (C=O) groups excluding carboxylic acids is 1. The molecule has 0 unspecified atom stereocenters. The zero-order valence-corrected chi connectivity index (χ0v) is 11.7. The lowest BCUT2D eigenvalue weighted by Gasteiger charge is -2.38. The molecule has 1 amide bonds. The first-order valence-electron chi connectivity index (χ1n) is 6.52. The van der Waals surface area contributed by atoms with Gasteiger partial charge in [0.2, 0.25) is 0 Å². The van der Waals surface area contributed by atoms with Crippen LogP contribution in [0.4, 0.5) is 0 Å². The summed E-state index contributed by atoms with van der Waals surface area (Å²) < 4.78 is 18.5. The third kappa shape index (κ3) is 3.79. The van der Waals surface area contributed by atoms with Crippen molar-refractivity contribution in [2.24, 2.45) is 0 Å². The number of rotatable bonds is 6. The minimum absolute atomic E-state index is 0.0227. The second-order valence-electron chi connectivity index (χ2n) is 4.67. The van der Waals surface area contributed by atoms with Crippen LogP contribution >= 0.6 is 12.2 Å². The van der Waals surface area contributed by atoms with Crippen molar-refractivity contribution in [3.8, 4) is 0 Å². The number of ether oxygens (including phenoxy) is 1. The SMILES string of the molecule is O=C(CCCCn1ccnc1)[N+]1(S[O-])CCOCC1. The number of amides is 1. The summed E-state index contributed by atoms with van der Waals surface area (Å²) in [5.74, 6) is 0.0360. The minimum atomic E-state index is -0.0227. The van der Waals surface area contributed by atoms with Gasteiger partial charge in [0.1, 0.15) is 13.1 Å². The van der Waals surface area contributed by atoms with Gasteiger partial charge in [-0.15, -0.1) is 0 Å². The van der Waals surface area contributed by atoms with Crippen molar-refractivity contribution in [3.05, 3.63) is 18.7 Å². The first-order chi connectivity index (χ1) is 9.27. The molecule has 19 heavy (non-hydrogen) atoms. The molecule has 0 radical (unpaired) electrons. The summed E-state index contributed by atoms with van der Waals surface area (Å²) in [7, 11) is 0. The Bertz CT molecular complexity index is 391. The largest absolute Gasteiger partial charge is 0.749 e. The molecule has 0 atom stereocenters. The van der Waals surface area contributed by atoms with E-state index in [2.05, 4.69) is 4.98 Å². The van der Waals surface area contributed by atoms with E-state index < -0.39 is 0 Å². The summed E-state index contributed by atoms with van der Waals surface area (Å²) in [5.41, 5.74) is 0. The van der Waals surface area contributed by atoms with E-state index in [0.29, 0.717) is 45.0 Å². The number of quaternary nitrogens is 1. The normalized spacial score (nSPS) is 18.4. The summed E-state index contributed by atoms with van der Waals surface area (Å²) in [6.07, 6.45) is 7.61. The monoisotopic (exact) mass is 285 g/mol. The van der Waals surface area contributed by atoms with Crippen LogP contribution < -0.4 is 0 Å². The highest BCUT2D eigenvalue weighted by molar-refractivity contribution is 7.88. The van der Waals surface area contributed by atoms with E-state index >= 15 is 0 Å². The molecule has 1 aromatic rings. The smallest absolute Gasteiger partial charge is 0.324 e. The van der Waals surface area contributed by atoms with Gasteiger partial charge in [0.05, 0.1) is 26.0 Å². The van der Waals surface area contributed by atoms with Crippen LogP contribution in [0.1, 0.15) is 19.3 Å². The fourth-order valence-electron chi connectivity index (χ4n) is 2.20. The quantitative estimate of drug-likeness (QED) is 0.340. The van der Waals surface area contributed by atoms with Crippen LogP contribution in [0.5, 0.6) is 0 Å². The van der Waals surface area contributed by atoms with Crippen molar-refractivity contribution in [1.29, 1.82) is 0 Å². The Hall–Kier alpha value is -0.890. The van der Waals surface area contributed by atoms with E-state index in [1.807, 2.05) is 10.8 Å². The number of hydrogen-bond donors (Lipinski definition) is 0. The van der Waals surface area contributed by atoms with Gasteiger partial charge in [0, 0.05) is 31.2 Å². The third-order valence-corrected chi connectivity index (χ3v) is 4.26. The van der Waals surface area contributed by atoms with E-state index in [4.69, 9.17) is 4.74 Å². The Kier molecular flexibility index (Phi) is 5.38. The number of carbonyl (C=O) groups is 1. The maximum Gasteiger partial charge on any atom is 0.324 e. The number of nitrogens with zero attached hydrogens (tertiary/aromatic N) is 3. The van der Waals surface area contributed by atoms with E-state index in [9.17, 15) is 9.35 Å². The Morgan fingerprint density at radius 3 is 2.84 bits per heavy atom. The maximum atomic E-state index is 12.2. The molecule has 106 valence electrons. The zero-order valence-electron chi connectivity index (χ0n) is 10.9. The van der Waals surface area contributed by atoms with Crippen molar-refractivity contribution >= 4 is 18.1 Å². The molecule has 0 bridgehead atoms. The molecule has 7 heteroatoms. The van der Waals surface area contributed by atoms with Gasteiger partial charge >= 0.3 is 5.91 Å². The minimum Gasteiger partial charge on any atom is -0.749 e. The molecule has 1 saturated heterocycles. The van der Waals surface area contributed by atoms with Gasteiger partial charge in [-0.3, -0.25) is 0 Å². The van der Waals surface area contributed by atoms with Crippen LogP contribution in [0.2, 0.25) is 0 Å². The van der Waals surface area contributed by atoms with Crippen molar-refractivity contribution in [3.63, 3.8) is 0 Å². The fraction of sp³-hybridized carbons (Fsp3) is 0.667. The summed E-state index contributed by atoms with van der Waals surface area (Å²) >= 11 is 0.400. The van der Waals surface area contributed by atoms with Crippen LogP contribution in [-0.4, -0.2) is 50.2 Å². The lowest BCUT2D eigenvalue weighted by molar-refractivity contribution is -0.733. The van der Waals surface area contributed by atoms with Crippen molar-refractivity contribution < 1.29 is 18.0 Å². The summed E-state index contributed by atoms with van der Waals surface area (Å²) in [6, 6.07) is 0. The highest BCUT2D eigenvalue weighted by Gasteiger charge is 2.36. The molecule has 0 saturated carbocycles. The molecule has 0 N–H and O–H groups in total. The van der Waals surface area contributed by atoms with Crippen molar-refractivity contribution in [2.75, 3.05) is 26.3 Å². The molecular weight excluding hydrogens is 266 g/mol. The lowest BCUT2D eigenvalue weighted by Crippen LogP contribution is -2.53. The zero-order chi connectivity index (χ0) is 13.6. The molecule has 2 heterocycles. The molecule has 0 spiro atoms. The van der Waals surface area contributed by atoms with Crippen LogP contribution in [0.15, 0.2) is 18.7 Å². The van der Waals surface area contributed by atoms with E-state index in [1.54, 1.807) is 12.5 Å². The predicted octanol–water partition coefficient (Wildman–Crippen LogP) is 1.21. The number of morpholine rings is 1. The van der Waals surface area contributed by atoms with Gasteiger partial charge in [0.15, 0.2) is 0 Å². The van der Waals surface area contributed by atoms with Gasteiger partial charge in [-0.25, -0.2) is 13.7 Å². The van der Waals surface area contributed by atoms with Crippen LogP contribution in [0, 0.1) is 0 Å². The number of aryl methyl sites for hydroxylation is 1. The molecular formula is C12H19N3O3S. The van der Waals surface area contributed by atoms with Gasteiger partial charge in [0.25, 0.3) is 0 Å². The highest BCUT2D eigenvalue weighted by Crippen LogP contribution is 2.24. The second-order valence-corrected chi connectivity index (χ2v) is 5.52. The second kappa shape index (κ2) is 7.04. The van der Waals surface area contributed by atoms with E-state index in [0.717, 1.165) is 19.4 Å². The van der Waals surface area contributed by atoms with E-state index in [-0.39, 0.29) is 9.80 Å². The number of hydrogen-bond acceptors (Lipinski definition) is 5. The first kappa shape index (κ1) is 14.5. The van der Waals surface area contributed by atoms with Crippen molar-refractivity contribution in [1.82, 2.24) is 9.55 Å². The van der Waals surface area contributed by atoms with Crippen molar-refractivity contribution in [2.45, 2.75) is 25.8 Å². The Labute approximate surface area is 117 Å². The molecule has 2 rings (SSSR count). The number of imidazole rings is 1. The van der Waals surface area contributed by atoms with Crippen LogP contribution in [0.25, 0.3) is 0 Å². The van der Waals surface area contributed by atoms with Gasteiger partial charge in [-0.2, -0.15) is 0 Å². The summed E-state index contributed by atoms with van der Waals surface area (Å²) in [6.45, 7) is 2.84. The van der Waals surface area contributed by atoms with Gasteiger partial charge < -0.3 is 13.9 Å². The van der Waals surface area contributed by atoms with E-state index in [1.165, 1.54) is 0 Å². The van der Waals surface area contributed by atoms with Gasteiger partial charge in [-0.1, -0.05) is 0 Å².